The van der Waals surface area contributed by atoms with Gasteiger partial charge in [-0.1, -0.05) is 36.4 Å². The first-order chi connectivity index (χ1) is 25.7. The van der Waals surface area contributed by atoms with E-state index in [1.165, 1.54) is 7.11 Å². The number of fused-ring (bicyclic) bond motifs is 4. The number of pyridine rings is 1. The molecule has 0 spiro atoms. The van der Waals surface area contributed by atoms with Crippen molar-refractivity contribution in [2.75, 3.05) is 18.6 Å². The Morgan fingerprint density at radius 3 is 2.28 bits per heavy atom. The fourth-order valence-corrected chi connectivity index (χ4v) is 8.13. The summed E-state index contributed by atoms with van der Waals surface area (Å²) in [4.78, 5) is 33.0. The van der Waals surface area contributed by atoms with E-state index in [1.54, 1.807) is 30.5 Å². The number of rotatable bonds is 8. The summed E-state index contributed by atoms with van der Waals surface area (Å²) >= 11 is 0. The van der Waals surface area contributed by atoms with Gasteiger partial charge in [-0.3, -0.25) is 14.6 Å². The number of aromatic hydroxyl groups is 1. The van der Waals surface area contributed by atoms with Crippen LogP contribution in [0.25, 0.3) is 22.4 Å². The van der Waals surface area contributed by atoms with E-state index in [-0.39, 0.29) is 37.6 Å². The van der Waals surface area contributed by atoms with Gasteiger partial charge in [-0.05, 0) is 102 Å². The van der Waals surface area contributed by atoms with E-state index in [2.05, 4.69) is 4.98 Å². The third-order valence-corrected chi connectivity index (χ3v) is 10.4. The van der Waals surface area contributed by atoms with Crippen molar-refractivity contribution in [2.45, 2.75) is 44.0 Å². The lowest BCUT2D eigenvalue weighted by atomic mass is 9.58. The Balaban J connectivity index is 1.24. The quantitative estimate of drug-likeness (QED) is 0.0815. The van der Waals surface area contributed by atoms with Crippen LogP contribution in [0.4, 0.5) is 32.0 Å². The van der Waals surface area contributed by atoms with Crippen LogP contribution >= 0.6 is 0 Å². The second-order valence-corrected chi connectivity index (χ2v) is 13.7. The SMILES string of the molecule is COCC1=C2[C@@H](CC/C(=C/c3ccc(O)c4ccccc34)c3ccccn3)OB(O)C[C@@H]2[C@@H]2C(=O)N(c3cc(C(F)(F)F)cc(C(F)(F)F)c3)C(=O)[C@@H]2C1. The number of benzene rings is 3. The van der Waals surface area contributed by atoms with Crippen LogP contribution < -0.4 is 4.90 Å². The second-order valence-electron chi connectivity index (χ2n) is 13.7. The Bertz CT molecular complexity index is 2140. The molecule has 3 aromatic carbocycles. The molecule has 2 aliphatic heterocycles. The minimum atomic E-state index is -5.19. The summed E-state index contributed by atoms with van der Waals surface area (Å²) in [5, 5.41) is 22.9. The monoisotopic (exact) mass is 750 g/mol. The van der Waals surface area contributed by atoms with Gasteiger partial charge in [0.1, 0.15) is 5.75 Å². The molecule has 8 nitrogen and oxygen atoms in total. The number of nitrogens with zero attached hydrogens (tertiary/aromatic N) is 2. The number of ether oxygens (including phenoxy) is 1. The van der Waals surface area contributed by atoms with Crippen molar-refractivity contribution in [1.29, 1.82) is 0 Å². The molecule has 54 heavy (non-hydrogen) atoms. The zero-order valence-electron chi connectivity index (χ0n) is 28.7. The van der Waals surface area contributed by atoms with Crippen molar-refractivity contribution in [3.8, 4) is 5.75 Å². The van der Waals surface area contributed by atoms with E-state index in [0.717, 1.165) is 16.5 Å². The average Bonchev–Trinajstić information content (AvgIpc) is 3.39. The number of methoxy groups -OCH3 is 1. The number of allylic oxidation sites excluding steroid dienone is 1. The Hall–Kier alpha value is -4.99. The lowest BCUT2D eigenvalue weighted by molar-refractivity contribution is -0.143. The van der Waals surface area contributed by atoms with Crippen LogP contribution in [-0.4, -0.2) is 53.9 Å². The van der Waals surface area contributed by atoms with E-state index >= 15 is 0 Å². The van der Waals surface area contributed by atoms with Gasteiger partial charge in [0.05, 0.1) is 47.1 Å². The first kappa shape index (κ1) is 37.3. The van der Waals surface area contributed by atoms with Crippen molar-refractivity contribution < 1.29 is 55.5 Å². The summed E-state index contributed by atoms with van der Waals surface area (Å²) in [6, 6.07) is 16.9. The highest BCUT2D eigenvalue weighted by Crippen LogP contribution is 2.52. The summed E-state index contributed by atoms with van der Waals surface area (Å²) in [6.07, 6.45) is -7.15. The Labute approximate surface area is 305 Å². The number of halogens is 6. The number of aromatic nitrogens is 1. The maximum atomic E-state index is 14.1. The Kier molecular flexibility index (Phi) is 9.92. The van der Waals surface area contributed by atoms with Gasteiger partial charge in [0.2, 0.25) is 11.8 Å². The van der Waals surface area contributed by atoms with Crippen molar-refractivity contribution >= 4 is 47.0 Å². The minimum Gasteiger partial charge on any atom is -0.507 e. The number of amides is 2. The van der Waals surface area contributed by atoms with Crippen LogP contribution in [0.1, 0.15) is 41.6 Å². The second kappa shape index (κ2) is 14.3. The number of alkyl halides is 6. The van der Waals surface area contributed by atoms with E-state index in [1.807, 2.05) is 36.4 Å². The van der Waals surface area contributed by atoms with Crippen LogP contribution in [0.3, 0.4) is 0 Å². The summed E-state index contributed by atoms with van der Waals surface area (Å²) in [6.45, 7) is 0.0106. The molecule has 2 fully saturated rings. The van der Waals surface area contributed by atoms with Crippen LogP contribution in [0.15, 0.2) is 90.1 Å². The summed E-state index contributed by atoms with van der Waals surface area (Å²) in [7, 11) is 0.0402. The molecule has 1 aromatic heterocycles. The molecule has 0 unspecified atom stereocenters. The number of imide groups is 1. The third kappa shape index (κ3) is 7.03. The molecular formula is C39H33BF6N2O6. The molecule has 15 heteroatoms. The van der Waals surface area contributed by atoms with Crippen molar-refractivity contribution in [2.24, 2.45) is 17.8 Å². The highest BCUT2D eigenvalue weighted by Gasteiger charge is 2.58. The molecule has 0 radical (unpaired) electrons. The lowest BCUT2D eigenvalue weighted by Gasteiger charge is -2.43. The topological polar surface area (TPSA) is 109 Å². The minimum absolute atomic E-state index is 0.0106. The zero-order chi connectivity index (χ0) is 38.5. The molecule has 1 aliphatic carbocycles. The average molecular weight is 751 g/mol. The maximum Gasteiger partial charge on any atom is 0.455 e. The molecular weight excluding hydrogens is 717 g/mol. The lowest BCUT2D eigenvalue weighted by Crippen LogP contribution is -2.46. The molecule has 4 atom stereocenters. The van der Waals surface area contributed by atoms with Crippen LogP contribution in [0.5, 0.6) is 5.75 Å². The number of carbonyl (C=O) groups is 2. The molecule has 280 valence electrons. The van der Waals surface area contributed by atoms with Crippen LogP contribution in [0, 0.1) is 17.8 Å². The Morgan fingerprint density at radius 1 is 0.944 bits per heavy atom. The fraction of sp³-hybridized carbons (Fsp3) is 0.308. The van der Waals surface area contributed by atoms with E-state index < -0.39 is 72.0 Å². The van der Waals surface area contributed by atoms with E-state index in [0.29, 0.717) is 45.7 Å². The number of phenolic OH excluding ortho intramolecular Hbond substituents is 1. The molecule has 2 amide bonds. The highest BCUT2D eigenvalue weighted by atomic mass is 19.4. The fourth-order valence-electron chi connectivity index (χ4n) is 8.13. The number of hydrogen-bond acceptors (Lipinski definition) is 7. The first-order valence-electron chi connectivity index (χ1n) is 17.2. The van der Waals surface area contributed by atoms with Crippen LogP contribution in [0.2, 0.25) is 6.32 Å². The normalized spacial score (nSPS) is 22.3. The van der Waals surface area contributed by atoms with Crippen molar-refractivity contribution in [1.82, 2.24) is 4.98 Å². The van der Waals surface area contributed by atoms with Gasteiger partial charge in [-0.2, -0.15) is 26.3 Å². The third-order valence-electron chi connectivity index (χ3n) is 10.4. The Morgan fingerprint density at radius 2 is 1.63 bits per heavy atom. The van der Waals surface area contributed by atoms with Crippen molar-refractivity contribution in [3.05, 3.63) is 113 Å². The van der Waals surface area contributed by atoms with Crippen LogP contribution in [-0.2, 0) is 31.3 Å². The van der Waals surface area contributed by atoms with Gasteiger partial charge in [-0.15, -0.1) is 0 Å². The summed E-state index contributed by atoms with van der Waals surface area (Å²) < 4.78 is 94.2. The van der Waals surface area contributed by atoms with Gasteiger partial charge in [0.25, 0.3) is 0 Å². The number of anilines is 1. The predicted molar refractivity (Wildman–Crippen MR) is 188 cm³/mol. The molecule has 3 heterocycles. The largest absolute Gasteiger partial charge is 0.507 e. The zero-order valence-corrected chi connectivity index (χ0v) is 28.7. The molecule has 2 N–H and O–H groups in total. The first-order valence-corrected chi connectivity index (χ1v) is 17.2. The van der Waals surface area contributed by atoms with Gasteiger partial charge < -0.3 is 19.5 Å². The standard InChI is InChI=1S/C39H33BF6N2O6/c1-53-20-23-15-29-35(37(51)48(36(29)50)26-17-24(38(41,42)43)16-25(18-26)39(44,45)46)30-19-40(52)54-33(34(23)30)12-10-22(31-8-4-5-13-47-31)14-21-9-11-32(49)28-7-3-2-6-27(21)28/h2-9,11,13-14,16-18,29-30,33,35,49,52H,10,12,15,19-20H2,1H3/b22-14-/t29-,30+,33-,35-/m1/s1. The summed E-state index contributed by atoms with van der Waals surface area (Å²) in [5.41, 5.74) is -0.655. The van der Waals surface area contributed by atoms with Gasteiger partial charge in [-0.25, -0.2) is 4.90 Å². The number of hydrogen-bond donors (Lipinski definition) is 2. The molecule has 4 aromatic rings. The van der Waals surface area contributed by atoms with Gasteiger partial charge in [0.15, 0.2) is 0 Å². The smallest absolute Gasteiger partial charge is 0.455 e. The van der Waals surface area contributed by atoms with Gasteiger partial charge >= 0.3 is 19.5 Å². The molecule has 7 rings (SSSR count). The molecule has 0 bridgehead atoms. The number of carbonyl (C=O) groups excluding carboxylic acids is 2. The molecule has 0 saturated carbocycles. The summed E-state index contributed by atoms with van der Waals surface area (Å²) in [5.74, 6) is -4.86. The predicted octanol–water partition coefficient (Wildman–Crippen LogP) is 7.95. The molecule has 3 aliphatic rings. The maximum absolute atomic E-state index is 14.1. The van der Waals surface area contributed by atoms with Gasteiger partial charge in [0, 0.05) is 18.7 Å². The van der Waals surface area contributed by atoms with E-state index in [9.17, 15) is 46.1 Å². The van der Waals surface area contributed by atoms with Crippen molar-refractivity contribution in [3.63, 3.8) is 0 Å². The molecule has 2 saturated heterocycles. The van der Waals surface area contributed by atoms with E-state index in [4.69, 9.17) is 9.39 Å². The highest BCUT2D eigenvalue weighted by molar-refractivity contribution is 6.43. The number of phenols is 1.